The van der Waals surface area contributed by atoms with Gasteiger partial charge in [0.2, 0.25) is 5.89 Å². The second-order valence-corrected chi connectivity index (χ2v) is 7.00. The predicted molar refractivity (Wildman–Crippen MR) is 102 cm³/mol. The van der Waals surface area contributed by atoms with Gasteiger partial charge in [0.1, 0.15) is 6.26 Å². The number of para-hydroxylation sites is 1. The molecule has 3 heterocycles. The molecule has 1 aromatic carbocycles. The minimum atomic E-state index is -0.0934. The topological polar surface area (TPSA) is 76.2 Å². The van der Waals surface area contributed by atoms with E-state index in [0.717, 1.165) is 30.8 Å². The van der Waals surface area contributed by atoms with Crippen LogP contribution in [-0.4, -0.2) is 50.7 Å². The smallest absolute Gasteiger partial charge is 0.276 e. The second-order valence-electron chi connectivity index (χ2n) is 7.00. The maximum atomic E-state index is 13.0. The molecule has 1 atom stereocenters. The monoisotopic (exact) mass is 365 g/mol. The summed E-state index contributed by atoms with van der Waals surface area (Å²) in [5, 5.41) is 7.67. The second kappa shape index (κ2) is 7.36. The van der Waals surface area contributed by atoms with Crippen molar-refractivity contribution in [2.24, 2.45) is 0 Å². The fourth-order valence-electron chi connectivity index (χ4n) is 3.49. The van der Waals surface area contributed by atoms with Crippen molar-refractivity contribution >= 4 is 5.91 Å². The van der Waals surface area contributed by atoms with Crippen LogP contribution in [0.3, 0.4) is 0 Å². The summed E-state index contributed by atoms with van der Waals surface area (Å²) in [6.45, 7) is 5.81. The predicted octanol–water partition coefficient (Wildman–Crippen LogP) is 2.74. The number of aromatic nitrogens is 3. The lowest BCUT2D eigenvalue weighted by Gasteiger charge is -2.31. The number of amides is 1. The van der Waals surface area contributed by atoms with Gasteiger partial charge in [-0.3, -0.25) is 4.79 Å². The molecule has 0 spiro atoms. The van der Waals surface area contributed by atoms with E-state index in [0.29, 0.717) is 11.6 Å². The van der Waals surface area contributed by atoms with E-state index in [-0.39, 0.29) is 18.0 Å². The Morgan fingerprint density at radius 1 is 1.33 bits per heavy atom. The van der Waals surface area contributed by atoms with Crippen molar-refractivity contribution < 1.29 is 9.21 Å². The van der Waals surface area contributed by atoms with Crippen LogP contribution in [0.5, 0.6) is 0 Å². The molecule has 4 rings (SSSR count). The van der Waals surface area contributed by atoms with Crippen molar-refractivity contribution in [2.45, 2.75) is 32.4 Å². The molecule has 1 aliphatic heterocycles. The summed E-state index contributed by atoms with van der Waals surface area (Å²) in [5.74, 6) is 0.304. The minimum Gasteiger partial charge on any atom is -0.444 e. The number of carbonyl (C=O) groups is 1. The van der Waals surface area contributed by atoms with Crippen LogP contribution in [0.2, 0.25) is 0 Å². The van der Waals surface area contributed by atoms with E-state index in [1.807, 2.05) is 55.3 Å². The highest BCUT2D eigenvalue weighted by molar-refractivity contribution is 5.93. The lowest BCUT2D eigenvalue weighted by Crippen LogP contribution is -2.46. The number of nitrogens with zero attached hydrogens (tertiary/aromatic N) is 4. The number of nitrogens with one attached hydrogen (secondary N) is 1. The third-order valence-corrected chi connectivity index (χ3v) is 4.79. The average Bonchev–Trinajstić information content (AvgIpc) is 3.42. The van der Waals surface area contributed by atoms with Crippen LogP contribution in [0.15, 0.2) is 53.4 Å². The SMILES string of the molecule is CC(C)N(C(=O)c1coc(-c2cnn(-c3ccccc3)c2)n1)[C@H]1CCNC1. The van der Waals surface area contributed by atoms with Crippen LogP contribution >= 0.6 is 0 Å². The van der Waals surface area contributed by atoms with Crippen LogP contribution in [0.25, 0.3) is 17.1 Å². The van der Waals surface area contributed by atoms with Crippen molar-refractivity contribution in [2.75, 3.05) is 13.1 Å². The molecule has 0 radical (unpaired) electrons. The molecule has 2 aromatic heterocycles. The quantitative estimate of drug-likeness (QED) is 0.752. The van der Waals surface area contributed by atoms with E-state index in [1.54, 1.807) is 10.9 Å². The summed E-state index contributed by atoms with van der Waals surface area (Å²) >= 11 is 0. The van der Waals surface area contributed by atoms with Crippen molar-refractivity contribution in [1.82, 2.24) is 25.0 Å². The first-order valence-electron chi connectivity index (χ1n) is 9.23. The molecule has 140 valence electrons. The molecule has 27 heavy (non-hydrogen) atoms. The zero-order chi connectivity index (χ0) is 18.8. The normalized spacial score (nSPS) is 16.8. The largest absolute Gasteiger partial charge is 0.444 e. The molecule has 1 aliphatic rings. The van der Waals surface area contributed by atoms with Gasteiger partial charge in [0.25, 0.3) is 5.91 Å². The fraction of sp³-hybridized carbons (Fsp3) is 0.350. The molecule has 3 aromatic rings. The van der Waals surface area contributed by atoms with Gasteiger partial charge in [-0.1, -0.05) is 18.2 Å². The molecule has 7 nitrogen and oxygen atoms in total. The van der Waals surface area contributed by atoms with Crippen molar-refractivity contribution in [3.63, 3.8) is 0 Å². The summed E-state index contributed by atoms with van der Waals surface area (Å²) in [5.41, 5.74) is 2.01. The highest BCUT2D eigenvalue weighted by Gasteiger charge is 2.31. The number of carbonyl (C=O) groups excluding carboxylic acids is 1. The Kier molecular flexibility index (Phi) is 4.77. The van der Waals surface area contributed by atoms with Crippen LogP contribution in [0.4, 0.5) is 0 Å². The van der Waals surface area contributed by atoms with Crippen LogP contribution in [0.1, 0.15) is 30.8 Å². The van der Waals surface area contributed by atoms with Gasteiger partial charge in [0.15, 0.2) is 5.69 Å². The zero-order valence-corrected chi connectivity index (χ0v) is 15.5. The fourth-order valence-corrected chi connectivity index (χ4v) is 3.49. The molecule has 0 unspecified atom stereocenters. The van der Waals surface area contributed by atoms with E-state index in [1.165, 1.54) is 6.26 Å². The van der Waals surface area contributed by atoms with E-state index in [4.69, 9.17) is 4.42 Å². The third kappa shape index (κ3) is 3.50. The van der Waals surface area contributed by atoms with E-state index in [9.17, 15) is 4.79 Å². The van der Waals surface area contributed by atoms with Crippen molar-refractivity contribution in [3.05, 3.63) is 54.7 Å². The van der Waals surface area contributed by atoms with Gasteiger partial charge in [-0.05, 0) is 38.9 Å². The molecule has 1 fully saturated rings. The van der Waals surface area contributed by atoms with Gasteiger partial charge in [-0.15, -0.1) is 0 Å². The molecular formula is C20H23N5O2. The van der Waals surface area contributed by atoms with Crippen LogP contribution < -0.4 is 5.32 Å². The van der Waals surface area contributed by atoms with E-state index in [2.05, 4.69) is 15.4 Å². The Bertz CT molecular complexity index is 909. The molecule has 1 N–H and O–H groups in total. The van der Waals surface area contributed by atoms with Gasteiger partial charge in [-0.25, -0.2) is 9.67 Å². The van der Waals surface area contributed by atoms with Gasteiger partial charge in [0.05, 0.1) is 17.4 Å². The molecule has 0 bridgehead atoms. The summed E-state index contributed by atoms with van der Waals surface area (Å²) in [6.07, 6.45) is 5.93. The van der Waals surface area contributed by atoms with E-state index < -0.39 is 0 Å². The highest BCUT2D eigenvalue weighted by atomic mass is 16.3. The Morgan fingerprint density at radius 3 is 2.85 bits per heavy atom. The Hall–Kier alpha value is -2.93. The Morgan fingerprint density at radius 2 is 2.15 bits per heavy atom. The van der Waals surface area contributed by atoms with Gasteiger partial charge < -0.3 is 14.6 Å². The molecule has 1 saturated heterocycles. The first kappa shape index (κ1) is 17.5. The third-order valence-electron chi connectivity index (χ3n) is 4.79. The summed E-state index contributed by atoms with van der Waals surface area (Å²) in [7, 11) is 0. The lowest BCUT2D eigenvalue weighted by atomic mass is 10.1. The van der Waals surface area contributed by atoms with Gasteiger partial charge >= 0.3 is 0 Å². The summed E-state index contributed by atoms with van der Waals surface area (Å²) < 4.78 is 7.34. The Balaban J connectivity index is 1.56. The highest BCUT2D eigenvalue weighted by Crippen LogP contribution is 2.22. The lowest BCUT2D eigenvalue weighted by molar-refractivity contribution is 0.0620. The number of rotatable bonds is 5. The summed E-state index contributed by atoms with van der Waals surface area (Å²) in [4.78, 5) is 19.3. The van der Waals surface area contributed by atoms with Crippen molar-refractivity contribution in [3.8, 4) is 17.1 Å². The molecule has 1 amide bonds. The molecule has 0 saturated carbocycles. The zero-order valence-electron chi connectivity index (χ0n) is 15.5. The average molecular weight is 365 g/mol. The van der Waals surface area contributed by atoms with Crippen LogP contribution in [-0.2, 0) is 0 Å². The maximum absolute atomic E-state index is 13.0. The molecular weight excluding hydrogens is 342 g/mol. The standard InChI is InChI=1S/C20H23N5O2/c1-14(2)25(17-8-9-21-11-17)20(26)18-13-27-19(23-18)15-10-22-24(12-15)16-6-4-3-5-7-16/h3-7,10,12-14,17,21H,8-9,11H2,1-2H3/t17-/m0/s1. The Labute approximate surface area is 158 Å². The van der Waals surface area contributed by atoms with Crippen molar-refractivity contribution in [1.29, 1.82) is 0 Å². The molecule has 0 aliphatic carbocycles. The van der Waals surface area contributed by atoms with Gasteiger partial charge in [0, 0.05) is 24.8 Å². The first-order chi connectivity index (χ1) is 13.1. The maximum Gasteiger partial charge on any atom is 0.276 e. The molecule has 7 heteroatoms. The number of oxazole rings is 1. The summed E-state index contributed by atoms with van der Waals surface area (Å²) in [6, 6.07) is 10.1. The number of benzene rings is 1. The first-order valence-corrected chi connectivity index (χ1v) is 9.23. The minimum absolute atomic E-state index is 0.0934. The van der Waals surface area contributed by atoms with Gasteiger partial charge in [-0.2, -0.15) is 5.10 Å². The number of hydrogen-bond acceptors (Lipinski definition) is 5. The van der Waals surface area contributed by atoms with E-state index >= 15 is 0 Å². The number of hydrogen-bond donors (Lipinski definition) is 1. The van der Waals surface area contributed by atoms with Crippen LogP contribution in [0, 0.1) is 0 Å².